The van der Waals surface area contributed by atoms with E-state index in [0.29, 0.717) is 36.2 Å². The van der Waals surface area contributed by atoms with Gasteiger partial charge in [-0.25, -0.2) is 0 Å². The molecule has 1 heterocycles. The molecule has 0 spiro atoms. The van der Waals surface area contributed by atoms with E-state index in [1.54, 1.807) is 24.3 Å². The molecule has 0 bridgehead atoms. The van der Waals surface area contributed by atoms with E-state index >= 15 is 0 Å². The number of anilines is 1. The lowest BCUT2D eigenvalue weighted by molar-refractivity contribution is -0.376. The summed E-state index contributed by atoms with van der Waals surface area (Å²) in [7, 11) is 1.50. The summed E-state index contributed by atoms with van der Waals surface area (Å²) in [5.74, 6) is 1.11. The van der Waals surface area contributed by atoms with E-state index in [2.05, 4.69) is 5.32 Å². The molecule has 0 aliphatic carbocycles. The molecule has 1 atom stereocenters. The van der Waals surface area contributed by atoms with Gasteiger partial charge < -0.3 is 19.9 Å². The minimum absolute atomic E-state index is 0.163. The van der Waals surface area contributed by atoms with Gasteiger partial charge in [0, 0.05) is 17.3 Å². The third-order valence-corrected chi connectivity index (χ3v) is 4.94. The van der Waals surface area contributed by atoms with Crippen molar-refractivity contribution in [3.63, 3.8) is 0 Å². The lowest BCUT2D eigenvalue weighted by atomic mass is 9.89. The Morgan fingerprint density at radius 3 is 2.27 bits per heavy atom. The van der Waals surface area contributed by atoms with Crippen LogP contribution >= 0.6 is 0 Å². The molecular weight excluding hydrogens is 416 g/mol. The monoisotopic (exact) mass is 435 g/mol. The van der Waals surface area contributed by atoms with Gasteiger partial charge in [0.2, 0.25) is 0 Å². The number of methoxy groups -OCH3 is 1. The van der Waals surface area contributed by atoms with Crippen LogP contribution in [-0.4, -0.2) is 37.2 Å². The number of hydrogen-bond donors (Lipinski definition) is 2. The maximum atomic E-state index is 13.1. The second-order valence-electron chi connectivity index (χ2n) is 6.92. The summed E-state index contributed by atoms with van der Waals surface area (Å²) in [6, 6.07) is 9.34. The second kappa shape index (κ2) is 7.90. The van der Waals surface area contributed by atoms with Gasteiger partial charge in [0.25, 0.3) is 5.60 Å². The van der Waals surface area contributed by atoms with Crippen LogP contribution in [0.3, 0.4) is 0 Å². The normalized spacial score (nSPS) is 17.5. The SMILES string of the molecule is COc1cccc(O[C@H]2CCc3cc(C(O)(C(F)(F)F)C(F)(F)F)ccc3NC2)c1. The predicted octanol–water partition coefficient (Wildman–Crippen LogP) is 4.81. The standard InChI is InChI=1S/C20H19F6NO3/c1-29-14-3-2-4-15(10-14)30-16-7-5-12-9-13(6-8-17(12)27-11-16)18(28,19(21,22)23)20(24,25)26/h2-4,6,8-10,16,27-28H,5,7,11H2,1H3/t16-/m0/s1. The topological polar surface area (TPSA) is 50.7 Å². The molecule has 0 unspecified atom stereocenters. The van der Waals surface area contributed by atoms with Crippen LogP contribution in [0.25, 0.3) is 0 Å². The minimum atomic E-state index is -5.92. The van der Waals surface area contributed by atoms with Gasteiger partial charge in [0.15, 0.2) is 0 Å². The molecule has 10 heteroatoms. The number of ether oxygens (including phenoxy) is 2. The van der Waals surface area contributed by atoms with Crippen LogP contribution < -0.4 is 14.8 Å². The average Bonchev–Trinajstić information content (AvgIpc) is 2.87. The first-order valence-electron chi connectivity index (χ1n) is 8.99. The van der Waals surface area contributed by atoms with Gasteiger partial charge in [-0.1, -0.05) is 18.2 Å². The highest BCUT2D eigenvalue weighted by molar-refractivity contribution is 5.55. The van der Waals surface area contributed by atoms with Crippen molar-refractivity contribution in [3.8, 4) is 11.5 Å². The van der Waals surface area contributed by atoms with E-state index in [9.17, 15) is 31.4 Å². The Labute approximate surface area is 168 Å². The molecule has 2 aromatic rings. The van der Waals surface area contributed by atoms with Crippen molar-refractivity contribution in [3.05, 3.63) is 53.6 Å². The van der Waals surface area contributed by atoms with E-state index in [0.717, 1.165) is 12.1 Å². The molecule has 30 heavy (non-hydrogen) atoms. The summed E-state index contributed by atoms with van der Waals surface area (Å²) < 4.78 is 89.9. The molecule has 1 aliphatic heterocycles. The van der Waals surface area contributed by atoms with Gasteiger partial charge in [0.05, 0.1) is 13.7 Å². The van der Waals surface area contributed by atoms with E-state index in [1.807, 2.05) is 0 Å². The number of nitrogens with one attached hydrogen (secondary N) is 1. The van der Waals surface area contributed by atoms with Crippen LogP contribution in [0.5, 0.6) is 11.5 Å². The number of benzene rings is 2. The largest absolute Gasteiger partial charge is 0.497 e. The summed E-state index contributed by atoms with van der Waals surface area (Å²) in [6.07, 6.45) is -11.7. The first kappa shape index (κ1) is 22.1. The molecule has 164 valence electrons. The number of fused-ring (bicyclic) bond motifs is 1. The Kier molecular flexibility index (Phi) is 5.81. The molecule has 0 fully saturated rings. The van der Waals surface area contributed by atoms with Crippen molar-refractivity contribution in [1.29, 1.82) is 0 Å². The highest BCUT2D eigenvalue weighted by Crippen LogP contribution is 2.50. The Bertz CT molecular complexity index is 883. The Morgan fingerprint density at radius 2 is 1.63 bits per heavy atom. The number of hydrogen-bond acceptors (Lipinski definition) is 4. The molecule has 0 radical (unpaired) electrons. The van der Waals surface area contributed by atoms with E-state index in [1.165, 1.54) is 7.11 Å². The summed E-state index contributed by atoms with van der Waals surface area (Å²) in [5.41, 5.74) is -5.59. The van der Waals surface area contributed by atoms with Gasteiger partial charge >= 0.3 is 12.4 Å². The maximum absolute atomic E-state index is 13.1. The quantitative estimate of drug-likeness (QED) is 0.677. The fourth-order valence-electron chi connectivity index (χ4n) is 3.30. The molecule has 1 aliphatic rings. The van der Waals surface area contributed by atoms with Crippen molar-refractivity contribution in [2.75, 3.05) is 19.0 Å². The number of rotatable bonds is 4. The third kappa shape index (κ3) is 4.14. The lowest BCUT2D eigenvalue weighted by Crippen LogP contribution is -2.53. The van der Waals surface area contributed by atoms with Gasteiger partial charge in [-0.15, -0.1) is 0 Å². The number of aliphatic hydroxyl groups is 1. The maximum Gasteiger partial charge on any atom is 0.430 e. The summed E-state index contributed by atoms with van der Waals surface area (Å²) in [4.78, 5) is 0. The van der Waals surface area contributed by atoms with Crippen LogP contribution in [0.1, 0.15) is 17.5 Å². The van der Waals surface area contributed by atoms with Crippen LogP contribution in [0.2, 0.25) is 0 Å². The molecule has 3 rings (SSSR count). The first-order chi connectivity index (χ1) is 14.0. The van der Waals surface area contributed by atoms with Crippen molar-refractivity contribution in [1.82, 2.24) is 0 Å². The average molecular weight is 435 g/mol. The Balaban J connectivity index is 1.83. The zero-order valence-electron chi connectivity index (χ0n) is 15.8. The van der Waals surface area contributed by atoms with Crippen LogP contribution in [0.15, 0.2) is 42.5 Å². The summed E-state index contributed by atoms with van der Waals surface area (Å²) in [5, 5.41) is 12.6. The van der Waals surface area contributed by atoms with Crippen molar-refractivity contribution >= 4 is 5.69 Å². The zero-order chi connectivity index (χ0) is 22.2. The third-order valence-electron chi connectivity index (χ3n) is 4.94. The van der Waals surface area contributed by atoms with E-state index < -0.39 is 23.5 Å². The fraction of sp³-hybridized carbons (Fsp3) is 0.400. The van der Waals surface area contributed by atoms with Crippen molar-refractivity contribution < 1.29 is 40.9 Å². The van der Waals surface area contributed by atoms with Crippen molar-refractivity contribution in [2.24, 2.45) is 0 Å². The van der Waals surface area contributed by atoms with Gasteiger partial charge in [-0.2, -0.15) is 26.3 Å². The number of aryl methyl sites for hydroxylation is 1. The molecule has 0 saturated heterocycles. The number of halogens is 6. The summed E-state index contributed by atoms with van der Waals surface area (Å²) in [6.45, 7) is 0.298. The van der Waals surface area contributed by atoms with Crippen LogP contribution in [-0.2, 0) is 12.0 Å². The Hall–Kier alpha value is -2.62. The highest BCUT2D eigenvalue weighted by Gasteiger charge is 2.71. The van der Waals surface area contributed by atoms with E-state index in [4.69, 9.17) is 9.47 Å². The van der Waals surface area contributed by atoms with Crippen LogP contribution in [0, 0.1) is 0 Å². The highest BCUT2D eigenvalue weighted by atomic mass is 19.4. The van der Waals surface area contributed by atoms with E-state index in [-0.39, 0.29) is 18.1 Å². The van der Waals surface area contributed by atoms with Gasteiger partial charge in [0.1, 0.15) is 17.6 Å². The van der Waals surface area contributed by atoms with Gasteiger partial charge in [-0.05, 0) is 36.6 Å². The molecular formula is C20H19F6NO3. The molecule has 0 aromatic heterocycles. The smallest absolute Gasteiger partial charge is 0.430 e. The molecule has 2 N–H and O–H groups in total. The number of alkyl halides is 6. The van der Waals surface area contributed by atoms with Crippen molar-refractivity contribution in [2.45, 2.75) is 36.9 Å². The van der Waals surface area contributed by atoms with Crippen LogP contribution in [0.4, 0.5) is 32.0 Å². The van der Waals surface area contributed by atoms with Gasteiger partial charge in [-0.3, -0.25) is 0 Å². The predicted molar refractivity (Wildman–Crippen MR) is 96.7 cm³/mol. The molecule has 0 amide bonds. The summed E-state index contributed by atoms with van der Waals surface area (Å²) >= 11 is 0. The minimum Gasteiger partial charge on any atom is -0.497 e. The fourth-order valence-corrected chi connectivity index (χ4v) is 3.30. The Morgan fingerprint density at radius 1 is 0.967 bits per heavy atom. The second-order valence-corrected chi connectivity index (χ2v) is 6.92. The molecule has 0 saturated carbocycles. The zero-order valence-corrected chi connectivity index (χ0v) is 15.8. The first-order valence-corrected chi connectivity index (χ1v) is 8.99. The lowest BCUT2D eigenvalue weighted by Gasteiger charge is -2.33. The molecule has 2 aromatic carbocycles. The molecule has 4 nitrogen and oxygen atoms in total.